The first-order valence-electron chi connectivity index (χ1n) is 9.07. The molecule has 0 fully saturated rings. The molecule has 0 saturated carbocycles. The van der Waals surface area contributed by atoms with E-state index in [4.69, 9.17) is 14.4 Å². The zero-order chi connectivity index (χ0) is 21.1. The molecule has 1 aromatic heterocycles. The van der Waals surface area contributed by atoms with E-state index in [0.717, 1.165) is 11.8 Å². The van der Waals surface area contributed by atoms with Crippen LogP contribution < -0.4 is 5.32 Å². The quantitative estimate of drug-likeness (QED) is 0.404. The smallest absolute Gasteiger partial charge is 0.365 e. The van der Waals surface area contributed by atoms with Crippen molar-refractivity contribution in [3.8, 4) is 17.5 Å². The van der Waals surface area contributed by atoms with Crippen LogP contribution in [-0.2, 0) is 4.74 Å². The summed E-state index contributed by atoms with van der Waals surface area (Å²) in [6, 6.07) is 18.0. The van der Waals surface area contributed by atoms with E-state index in [1.54, 1.807) is 31.2 Å². The third-order valence-corrected chi connectivity index (χ3v) is 4.47. The van der Waals surface area contributed by atoms with Gasteiger partial charge in [-0.05, 0) is 31.2 Å². The molecule has 2 aromatic carbocycles. The third-order valence-electron chi connectivity index (χ3n) is 4.47. The van der Waals surface area contributed by atoms with Gasteiger partial charge in [0, 0.05) is 5.56 Å². The molecule has 3 aromatic rings. The van der Waals surface area contributed by atoms with Crippen molar-refractivity contribution in [1.29, 1.82) is 5.26 Å². The Morgan fingerprint density at radius 2 is 1.97 bits per heavy atom. The number of amides is 1. The van der Waals surface area contributed by atoms with Crippen LogP contribution in [0.3, 0.4) is 0 Å². The summed E-state index contributed by atoms with van der Waals surface area (Å²) >= 11 is 0. The number of oxazole rings is 1. The average molecular weight is 400 g/mol. The van der Waals surface area contributed by atoms with Crippen LogP contribution in [-0.4, -0.2) is 28.3 Å². The molecule has 0 unspecified atom stereocenters. The lowest BCUT2D eigenvalue weighted by Crippen LogP contribution is -2.38. The van der Waals surface area contributed by atoms with E-state index < -0.39 is 5.97 Å². The van der Waals surface area contributed by atoms with E-state index in [9.17, 15) is 9.59 Å². The molecular formula is C22H16N4O4. The van der Waals surface area contributed by atoms with Gasteiger partial charge in [0.1, 0.15) is 18.6 Å². The maximum absolute atomic E-state index is 12.7. The van der Waals surface area contributed by atoms with Gasteiger partial charge in [-0.1, -0.05) is 30.3 Å². The molecule has 0 atom stereocenters. The van der Waals surface area contributed by atoms with Crippen LogP contribution in [0.2, 0.25) is 0 Å². The number of carbonyl (C=O) groups is 2. The Morgan fingerprint density at radius 1 is 1.23 bits per heavy atom. The summed E-state index contributed by atoms with van der Waals surface area (Å²) in [6.45, 7) is 1.41. The van der Waals surface area contributed by atoms with E-state index in [2.05, 4.69) is 10.3 Å². The van der Waals surface area contributed by atoms with Crippen LogP contribution in [0.4, 0.5) is 5.69 Å². The predicted octanol–water partition coefficient (Wildman–Crippen LogP) is 3.70. The number of carbonyl (C=O) groups excluding carboxylic acids is 2. The van der Waals surface area contributed by atoms with Gasteiger partial charge in [0.05, 0.1) is 17.3 Å². The molecule has 4 rings (SSSR count). The van der Waals surface area contributed by atoms with E-state index in [-0.39, 0.29) is 24.0 Å². The van der Waals surface area contributed by atoms with E-state index in [1.807, 2.05) is 36.4 Å². The summed E-state index contributed by atoms with van der Waals surface area (Å²) in [5.74, 6) is -0.311. The first kappa shape index (κ1) is 19.0. The number of aryl methyl sites for hydroxylation is 1. The van der Waals surface area contributed by atoms with Crippen molar-refractivity contribution in [2.45, 2.75) is 6.92 Å². The van der Waals surface area contributed by atoms with Gasteiger partial charge in [0.15, 0.2) is 11.5 Å². The fraction of sp³-hybridized carbons (Fsp3) is 0.0909. The molecule has 0 aliphatic carbocycles. The summed E-state index contributed by atoms with van der Waals surface area (Å²) < 4.78 is 10.8. The molecule has 8 nitrogen and oxygen atoms in total. The zero-order valence-electron chi connectivity index (χ0n) is 16.0. The summed E-state index contributed by atoms with van der Waals surface area (Å²) in [5.41, 5.74) is 1.74. The molecule has 0 spiro atoms. The average Bonchev–Trinajstić information content (AvgIpc) is 3.17. The second-order valence-corrected chi connectivity index (χ2v) is 6.42. The number of ether oxygens (including phenoxy) is 1. The van der Waals surface area contributed by atoms with Gasteiger partial charge in [0.25, 0.3) is 5.91 Å². The first-order chi connectivity index (χ1) is 14.6. The maximum Gasteiger partial charge on any atom is 0.365 e. The van der Waals surface area contributed by atoms with Crippen molar-refractivity contribution >= 4 is 17.6 Å². The van der Waals surface area contributed by atoms with Crippen LogP contribution in [0.25, 0.3) is 11.5 Å². The fourth-order valence-corrected chi connectivity index (χ4v) is 3.01. The highest BCUT2D eigenvalue weighted by molar-refractivity contribution is 6.03. The number of nitriles is 1. The van der Waals surface area contributed by atoms with Crippen molar-refractivity contribution in [3.63, 3.8) is 0 Å². The monoisotopic (exact) mass is 400 g/mol. The maximum atomic E-state index is 12.7. The summed E-state index contributed by atoms with van der Waals surface area (Å²) in [7, 11) is 0. The Morgan fingerprint density at radius 3 is 2.73 bits per heavy atom. The molecule has 2 heterocycles. The number of hydrogen-bond donors (Lipinski definition) is 1. The number of nitrogens with one attached hydrogen (secondary N) is 1. The summed E-state index contributed by atoms with van der Waals surface area (Å²) in [5, 5.41) is 12.1. The van der Waals surface area contributed by atoms with Crippen LogP contribution in [0.5, 0.6) is 0 Å². The Kier molecular flexibility index (Phi) is 5.01. The van der Waals surface area contributed by atoms with Gasteiger partial charge in [-0.15, -0.1) is 0 Å². The minimum atomic E-state index is -0.740. The fourth-order valence-electron chi connectivity index (χ4n) is 3.01. The Bertz CT molecular complexity index is 1190. The summed E-state index contributed by atoms with van der Waals surface area (Å²) in [4.78, 5) is 30.7. The number of anilines is 1. The number of aromatic nitrogens is 1. The highest BCUT2D eigenvalue weighted by Gasteiger charge is 2.28. The molecule has 8 heteroatoms. The van der Waals surface area contributed by atoms with Crippen LogP contribution in [0, 0.1) is 18.3 Å². The van der Waals surface area contributed by atoms with Crippen molar-refractivity contribution in [2.24, 2.45) is 0 Å². The van der Waals surface area contributed by atoms with Crippen LogP contribution in [0.15, 0.2) is 71.1 Å². The van der Waals surface area contributed by atoms with Crippen LogP contribution >= 0.6 is 0 Å². The van der Waals surface area contributed by atoms with Crippen molar-refractivity contribution in [1.82, 2.24) is 9.88 Å². The molecule has 1 amide bonds. The minimum Gasteiger partial charge on any atom is -0.441 e. The molecule has 1 aliphatic rings. The highest BCUT2D eigenvalue weighted by atomic mass is 16.5. The van der Waals surface area contributed by atoms with Gasteiger partial charge in [-0.3, -0.25) is 9.69 Å². The molecule has 30 heavy (non-hydrogen) atoms. The second-order valence-electron chi connectivity index (χ2n) is 6.42. The molecule has 148 valence electrons. The number of fused-ring (bicyclic) bond motifs is 1. The Labute approximate surface area is 172 Å². The minimum absolute atomic E-state index is 0.0278. The SMILES string of the molecule is Cc1oc(-c2ccccc2)nc1C(=O)O/C=C1/Nc2ccccc2C(=O)N1CC#N. The van der Waals surface area contributed by atoms with Crippen molar-refractivity contribution < 1.29 is 18.7 Å². The van der Waals surface area contributed by atoms with Crippen molar-refractivity contribution in [3.05, 3.63) is 83.7 Å². The Balaban J connectivity index is 1.58. The lowest BCUT2D eigenvalue weighted by Gasteiger charge is -2.29. The number of nitrogens with zero attached hydrogens (tertiary/aromatic N) is 3. The highest BCUT2D eigenvalue weighted by Crippen LogP contribution is 2.27. The third kappa shape index (κ3) is 3.52. The van der Waals surface area contributed by atoms with E-state index in [0.29, 0.717) is 22.9 Å². The van der Waals surface area contributed by atoms with Gasteiger partial charge in [-0.25, -0.2) is 9.78 Å². The standard InChI is InChI=1S/C22H16N4O4/c1-14-19(25-20(30-14)15-7-3-2-4-8-15)22(28)29-13-18-24-17-10-6-5-9-16(17)21(27)26(18)12-11-23/h2-10,13,24H,12H2,1H3/b18-13-. The molecule has 0 radical (unpaired) electrons. The van der Waals surface area contributed by atoms with Crippen LogP contribution in [0.1, 0.15) is 26.6 Å². The van der Waals surface area contributed by atoms with Gasteiger partial charge in [-0.2, -0.15) is 5.26 Å². The summed E-state index contributed by atoms with van der Waals surface area (Å²) in [6.07, 6.45) is 1.10. The molecule has 0 bridgehead atoms. The lowest BCUT2D eigenvalue weighted by molar-refractivity contribution is 0.0637. The molecule has 1 aliphatic heterocycles. The number of rotatable bonds is 4. The largest absolute Gasteiger partial charge is 0.441 e. The lowest BCUT2D eigenvalue weighted by atomic mass is 10.1. The number of para-hydroxylation sites is 1. The zero-order valence-corrected chi connectivity index (χ0v) is 16.0. The second kappa shape index (κ2) is 7.93. The predicted molar refractivity (Wildman–Crippen MR) is 107 cm³/mol. The topological polar surface area (TPSA) is 108 Å². The molecular weight excluding hydrogens is 384 g/mol. The number of esters is 1. The van der Waals surface area contributed by atoms with Gasteiger partial charge < -0.3 is 14.5 Å². The number of hydrogen-bond acceptors (Lipinski definition) is 7. The van der Waals surface area contributed by atoms with Crippen molar-refractivity contribution in [2.75, 3.05) is 11.9 Å². The van der Waals surface area contributed by atoms with E-state index >= 15 is 0 Å². The molecule has 0 saturated heterocycles. The van der Waals surface area contributed by atoms with Gasteiger partial charge >= 0.3 is 5.97 Å². The Hall–Kier alpha value is -4.38. The number of benzene rings is 2. The van der Waals surface area contributed by atoms with Gasteiger partial charge in [0.2, 0.25) is 5.89 Å². The molecule has 1 N–H and O–H groups in total. The first-order valence-corrected chi connectivity index (χ1v) is 9.07. The normalized spacial score (nSPS) is 14.1. The van der Waals surface area contributed by atoms with E-state index in [1.165, 1.54) is 4.90 Å².